The van der Waals surface area contributed by atoms with Gasteiger partial charge < -0.3 is 0 Å². The Labute approximate surface area is 178 Å². The van der Waals surface area contributed by atoms with E-state index in [1.807, 2.05) is 30.3 Å². The van der Waals surface area contributed by atoms with Crippen LogP contribution in [-0.4, -0.2) is 30.8 Å². The van der Waals surface area contributed by atoms with Gasteiger partial charge in [0.1, 0.15) is 5.69 Å². The highest BCUT2D eigenvalue weighted by Gasteiger charge is 2.67. The van der Waals surface area contributed by atoms with Crippen molar-refractivity contribution >= 4 is 49.4 Å². The summed E-state index contributed by atoms with van der Waals surface area (Å²) < 4.78 is 3.21. The van der Waals surface area contributed by atoms with Gasteiger partial charge in [-0.1, -0.05) is 50.1 Å². The van der Waals surface area contributed by atoms with Crippen molar-refractivity contribution in [2.24, 2.45) is 30.7 Å². The average molecular weight is 509 g/mol. The molecule has 2 aliphatic carbocycles. The topological polar surface area (TPSA) is 64.3 Å². The number of hydrogen-bond acceptors (Lipinski definition) is 3. The minimum atomic E-state index is -0.342. The van der Waals surface area contributed by atoms with E-state index in [0.717, 1.165) is 6.42 Å². The number of alkyl halides is 2. The Hall–Kier alpha value is -1.67. The van der Waals surface area contributed by atoms with Gasteiger partial charge in [-0.05, 0) is 37.3 Å². The Balaban J connectivity index is 1.63. The molecule has 6 nitrogen and oxygen atoms in total. The second-order valence-electron chi connectivity index (χ2n) is 7.93. The maximum atomic E-state index is 13.3. The Bertz CT molecular complexity index is 1030. The fourth-order valence-corrected chi connectivity index (χ4v) is 7.25. The minimum absolute atomic E-state index is 0.126. The number of para-hydroxylation sites is 1. The van der Waals surface area contributed by atoms with Gasteiger partial charge in [0.2, 0.25) is 11.8 Å². The zero-order valence-electron chi connectivity index (χ0n) is 15.4. The first-order valence-electron chi connectivity index (χ1n) is 9.34. The number of anilines is 1. The maximum absolute atomic E-state index is 13.3. The maximum Gasteiger partial charge on any atom is 0.296 e. The predicted octanol–water partition coefficient (Wildman–Crippen LogP) is 2.77. The van der Waals surface area contributed by atoms with Crippen LogP contribution in [0.3, 0.4) is 0 Å². The summed E-state index contributed by atoms with van der Waals surface area (Å²) >= 11 is 7.39. The van der Waals surface area contributed by atoms with Crippen molar-refractivity contribution in [3.05, 3.63) is 46.4 Å². The molecule has 146 valence electrons. The van der Waals surface area contributed by atoms with Gasteiger partial charge in [0.15, 0.2) is 0 Å². The number of rotatable bonds is 2. The molecule has 2 saturated carbocycles. The highest BCUT2D eigenvalue weighted by Crippen LogP contribution is 2.60. The summed E-state index contributed by atoms with van der Waals surface area (Å²) in [6, 6.07) is 9.24. The van der Waals surface area contributed by atoms with Gasteiger partial charge in [0.25, 0.3) is 5.56 Å². The van der Waals surface area contributed by atoms with Crippen LogP contribution in [0.2, 0.25) is 0 Å². The predicted molar refractivity (Wildman–Crippen MR) is 112 cm³/mol. The van der Waals surface area contributed by atoms with E-state index in [1.54, 1.807) is 18.7 Å². The molecule has 3 aliphatic rings. The molecule has 2 aromatic rings. The van der Waals surface area contributed by atoms with Crippen molar-refractivity contribution in [3.63, 3.8) is 0 Å². The molecular weight excluding hydrogens is 490 g/mol. The fraction of sp³-hybridized carbons (Fsp3) is 0.450. The van der Waals surface area contributed by atoms with Crippen LogP contribution in [-0.2, 0) is 16.6 Å². The fourth-order valence-electron chi connectivity index (χ4n) is 5.38. The molecule has 0 N–H and O–H groups in total. The van der Waals surface area contributed by atoms with Crippen molar-refractivity contribution in [1.29, 1.82) is 0 Å². The number of fused-ring (bicyclic) bond motifs is 5. The van der Waals surface area contributed by atoms with E-state index in [1.165, 1.54) is 9.58 Å². The van der Waals surface area contributed by atoms with E-state index in [2.05, 4.69) is 31.9 Å². The molecule has 5 rings (SSSR count). The molecule has 3 fully saturated rings. The summed E-state index contributed by atoms with van der Waals surface area (Å²) in [5, 5.41) is 0. The standard InChI is InChI=1S/C20H19Br2N3O3/c1-9-17(20(28)25(23(9)2)10-6-4-3-5-7-10)24-18(26)13-11-8-12(14(13)19(24)27)16(22)15(11)21/h3-7,11-16H,8H2,1-2H3/t11-,12-,13-,14-,15-,16+/m1/s1. The molecule has 0 unspecified atom stereocenters. The molecule has 6 atom stereocenters. The molecule has 1 aromatic heterocycles. The molecule has 1 saturated heterocycles. The summed E-state index contributed by atoms with van der Waals surface area (Å²) in [4.78, 5) is 41.4. The van der Waals surface area contributed by atoms with E-state index in [9.17, 15) is 14.4 Å². The van der Waals surface area contributed by atoms with Gasteiger partial charge >= 0.3 is 0 Å². The number of benzene rings is 1. The quantitative estimate of drug-likeness (QED) is 0.463. The third kappa shape index (κ3) is 2.16. The Morgan fingerprint density at radius 2 is 1.46 bits per heavy atom. The summed E-state index contributed by atoms with van der Waals surface area (Å²) in [5.41, 5.74) is 1.15. The van der Waals surface area contributed by atoms with Gasteiger partial charge in [0, 0.05) is 16.7 Å². The molecule has 8 heteroatoms. The average Bonchev–Trinajstić information content (AvgIpc) is 3.34. The van der Waals surface area contributed by atoms with Crippen molar-refractivity contribution in [2.75, 3.05) is 4.90 Å². The number of imide groups is 1. The summed E-state index contributed by atoms with van der Waals surface area (Å²) in [7, 11) is 1.77. The number of aromatic nitrogens is 2. The molecular formula is C20H19Br2N3O3. The Morgan fingerprint density at radius 1 is 0.929 bits per heavy atom. The highest BCUT2D eigenvalue weighted by molar-refractivity contribution is 9.12. The number of carbonyl (C=O) groups is 2. The molecule has 28 heavy (non-hydrogen) atoms. The van der Waals surface area contributed by atoms with E-state index in [4.69, 9.17) is 0 Å². The van der Waals surface area contributed by atoms with Crippen LogP contribution in [0, 0.1) is 30.6 Å². The number of nitrogens with zero attached hydrogens (tertiary/aromatic N) is 3. The van der Waals surface area contributed by atoms with E-state index < -0.39 is 0 Å². The zero-order chi connectivity index (χ0) is 19.9. The lowest BCUT2D eigenvalue weighted by atomic mass is 9.81. The highest BCUT2D eigenvalue weighted by atomic mass is 79.9. The van der Waals surface area contributed by atoms with E-state index >= 15 is 0 Å². The van der Waals surface area contributed by atoms with Crippen LogP contribution in [0.4, 0.5) is 5.69 Å². The van der Waals surface area contributed by atoms with E-state index in [0.29, 0.717) is 11.4 Å². The van der Waals surface area contributed by atoms with E-state index in [-0.39, 0.29) is 56.4 Å². The van der Waals surface area contributed by atoms with Crippen LogP contribution in [0.1, 0.15) is 12.1 Å². The number of carbonyl (C=O) groups excluding carboxylic acids is 2. The first-order valence-corrected chi connectivity index (χ1v) is 11.2. The summed E-state index contributed by atoms with van der Waals surface area (Å²) in [5.74, 6) is -0.864. The lowest BCUT2D eigenvalue weighted by Crippen LogP contribution is -2.37. The lowest BCUT2D eigenvalue weighted by molar-refractivity contribution is -0.123. The van der Waals surface area contributed by atoms with Crippen molar-refractivity contribution < 1.29 is 9.59 Å². The smallest absolute Gasteiger partial charge is 0.283 e. The second kappa shape index (κ2) is 6.16. The molecule has 0 spiro atoms. The van der Waals surface area contributed by atoms with Gasteiger partial charge in [0.05, 0.1) is 23.2 Å². The van der Waals surface area contributed by atoms with Crippen molar-refractivity contribution in [3.8, 4) is 5.69 Å². The second-order valence-corrected chi connectivity index (χ2v) is 10.0. The first kappa shape index (κ1) is 18.4. The third-order valence-corrected chi connectivity index (χ3v) is 9.94. The van der Waals surface area contributed by atoms with Gasteiger partial charge in [-0.3, -0.25) is 19.1 Å². The summed E-state index contributed by atoms with van der Waals surface area (Å²) in [6.07, 6.45) is 0.870. The van der Waals surface area contributed by atoms with Crippen molar-refractivity contribution in [1.82, 2.24) is 9.36 Å². The Kier molecular flexibility index (Phi) is 4.04. The van der Waals surface area contributed by atoms with Crippen LogP contribution < -0.4 is 10.5 Å². The van der Waals surface area contributed by atoms with Crippen LogP contribution in [0.15, 0.2) is 35.1 Å². The van der Waals surface area contributed by atoms with Gasteiger partial charge in [-0.25, -0.2) is 9.58 Å². The molecule has 2 amide bonds. The number of hydrogen-bond donors (Lipinski definition) is 0. The molecule has 1 aliphatic heterocycles. The molecule has 1 aromatic carbocycles. The third-order valence-electron chi connectivity index (χ3n) is 6.73. The summed E-state index contributed by atoms with van der Waals surface area (Å²) in [6.45, 7) is 1.78. The lowest BCUT2D eigenvalue weighted by Gasteiger charge is -2.28. The Morgan fingerprint density at radius 3 is 2.00 bits per heavy atom. The molecule has 2 bridgehead atoms. The minimum Gasteiger partial charge on any atom is -0.283 e. The number of halogens is 2. The van der Waals surface area contributed by atoms with Gasteiger partial charge in [-0.2, -0.15) is 0 Å². The first-order chi connectivity index (χ1) is 13.3. The number of amides is 2. The SMILES string of the molecule is Cc1c(N2C(=O)[C@@H]3[C@H]4C[C@@H]([C@@H](Br)[C@H]4Br)[C@H]3C2=O)c(=O)n(-c2ccccc2)n1C. The largest absolute Gasteiger partial charge is 0.296 e. The van der Waals surface area contributed by atoms with Crippen molar-refractivity contribution in [2.45, 2.75) is 23.0 Å². The normalized spacial score (nSPS) is 33.8. The zero-order valence-corrected chi connectivity index (χ0v) is 18.6. The van der Waals surface area contributed by atoms with Crippen LogP contribution >= 0.6 is 31.9 Å². The molecule has 0 radical (unpaired) electrons. The monoisotopic (exact) mass is 507 g/mol. The van der Waals surface area contributed by atoms with Crippen LogP contribution in [0.5, 0.6) is 0 Å². The van der Waals surface area contributed by atoms with Gasteiger partial charge in [-0.15, -0.1) is 0 Å². The molecule has 2 heterocycles. The van der Waals surface area contributed by atoms with Crippen LogP contribution in [0.25, 0.3) is 5.69 Å².